The van der Waals surface area contributed by atoms with Gasteiger partial charge in [-0.2, -0.15) is 0 Å². The molecule has 1 unspecified atom stereocenters. The van der Waals surface area contributed by atoms with Crippen molar-refractivity contribution in [3.63, 3.8) is 0 Å². The Morgan fingerprint density at radius 3 is 2.59 bits per heavy atom. The molecule has 29 heavy (non-hydrogen) atoms. The van der Waals surface area contributed by atoms with Crippen LogP contribution in [0.4, 0.5) is 0 Å². The standard InChI is InChI=1S/C22H20N4O2S/c27-18-12-6-7-13-19(18)29-22-24-23-21-25(14-15-8-2-1-3-9-15)20(28)16-10-4-5-11-17(16)26(21)22/h1-5,8-11,19H,6-7,12-14H2. The summed E-state index contributed by atoms with van der Waals surface area (Å²) in [5.74, 6) is 0.781. The summed E-state index contributed by atoms with van der Waals surface area (Å²) in [4.78, 5) is 25.6. The van der Waals surface area contributed by atoms with Crippen molar-refractivity contribution in [1.82, 2.24) is 19.2 Å². The Morgan fingerprint density at radius 1 is 0.966 bits per heavy atom. The molecule has 6 nitrogen and oxygen atoms in total. The SMILES string of the molecule is O=C1CCCCC1Sc1nnc2n(Cc3ccccc3)c(=O)c3ccccc3n12. The molecule has 146 valence electrons. The van der Waals surface area contributed by atoms with Crippen LogP contribution in [-0.2, 0) is 11.3 Å². The van der Waals surface area contributed by atoms with Gasteiger partial charge in [-0.3, -0.25) is 18.6 Å². The molecule has 0 bridgehead atoms. The molecule has 0 spiro atoms. The van der Waals surface area contributed by atoms with Gasteiger partial charge in [0.15, 0.2) is 5.16 Å². The van der Waals surface area contributed by atoms with E-state index in [9.17, 15) is 9.59 Å². The minimum atomic E-state index is -0.0931. The number of benzene rings is 2. The molecule has 1 aliphatic carbocycles. The van der Waals surface area contributed by atoms with E-state index in [1.807, 2.05) is 59.0 Å². The number of hydrogen-bond donors (Lipinski definition) is 0. The molecule has 2 aromatic heterocycles. The van der Waals surface area contributed by atoms with Crippen LogP contribution in [0.15, 0.2) is 64.5 Å². The van der Waals surface area contributed by atoms with E-state index in [0.29, 0.717) is 29.3 Å². The van der Waals surface area contributed by atoms with Crippen molar-refractivity contribution in [3.8, 4) is 0 Å². The van der Waals surface area contributed by atoms with Crippen LogP contribution in [0.1, 0.15) is 31.2 Å². The number of rotatable bonds is 4. The molecule has 5 rings (SSSR count). The lowest BCUT2D eigenvalue weighted by molar-refractivity contribution is -0.119. The summed E-state index contributed by atoms with van der Waals surface area (Å²) in [6.45, 7) is 0.416. The molecule has 0 amide bonds. The maximum Gasteiger partial charge on any atom is 0.263 e. The third-order valence-electron chi connectivity index (χ3n) is 5.41. The summed E-state index contributed by atoms with van der Waals surface area (Å²) in [6.07, 6.45) is 3.52. The Hall–Kier alpha value is -2.93. The normalized spacial score (nSPS) is 17.2. The van der Waals surface area contributed by atoms with Gasteiger partial charge in [-0.25, -0.2) is 0 Å². The summed E-state index contributed by atoms with van der Waals surface area (Å²) in [5.41, 5.74) is 1.70. The molecule has 1 aliphatic rings. The number of nitrogens with zero attached hydrogens (tertiary/aromatic N) is 4. The summed E-state index contributed by atoms with van der Waals surface area (Å²) < 4.78 is 3.59. The van der Waals surface area contributed by atoms with Gasteiger partial charge in [-0.15, -0.1) is 10.2 Å². The highest BCUT2D eigenvalue weighted by Crippen LogP contribution is 2.32. The second-order valence-electron chi connectivity index (χ2n) is 7.33. The molecule has 0 N–H and O–H groups in total. The predicted molar refractivity (Wildman–Crippen MR) is 113 cm³/mol. The van der Waals surface area contributed by atoms with E-state index >= 15 is 0 Å². The van der Waals surface area contributed by atoms with Gasteiger partial charge in [0.25, 0.3) is 5.56 Å². The Bertz CT molecular complexity index is 1260. The molecule has 2 aromatic carbocycles. The average Bonchev–Trinajstić information content (AvgIpc) is 3.17. The smallest absolute Gasteiger partial charge is 0.263 e. The van der Waals surface area contributed by atoms with Gasteiger partial charge >= 0.3 is 0 Å². The van der Waals surface area contributed by atoms with Gasteiger partial charge < -0.3 is 0 Å². The first-order valence-corrected chi connectivity index (χ1v) is 10.7. The molecule has 0 aliphatic heterocycles. The molecule has 0 saturated heterocycles. The minimum absolute atomic E-state index is 0.0883. The first-order valence-electron chi connectivity index (χ1n) is 9.82. The first kappa shape index (κ1) is 18.1. The van der Waals surface area contributed by atoms with Gasteiger partial charge in [0, 0.05) is 6.42 Å². The van der Waals surface area contributed by atoms with Crippen molar-refractivity contribution in [1.29, 1.82) is 0 Å². The lowest BCUT2D eigenvalue weighted by Crippen LogP contribution is -2.24. The summed E-state index contributed by atoms with van der Waals surface area (Å²) in [6, 6.07) is 17.4. The number of carbonyl (C=O) groups excluding carboxylic acids is 1. The number of fused-ring (bicyclic) bond motifs is 3. The van der Waals surface area contributed by atoms with E-state index in [0.717, 1.165) is 30.3 Å². The van der Waals surface area contributed by atoms with Crippen molar-refractivity contribution in [2.24, 2.45) is 0 Å². The number of para-hydroxylation sites is 1. The van der Waals surface area contributed by atoms with E-state index in [-0.39, 0.29) is 16.6 Å². The molecule has 1 saturated carbocycles. The fraction of sp³-hybridized carbons (Fsp3) is 0.273. The number of carbonyl (C=O) groups is 1. The zero-order valence-electron chi connectivity index (χ0n) is 15.8. The van der Waals surface area contributed by atoms with Crippen molar-refractivity contribution < 1.29 is 4.79 Å². The van der Waals surface area contributed by atoms with Crippen LogP contribution < -0.4 is 5.56 Å². The van der Waals surface area contributed by atoms with Crippen molar-refractivity contribution in [2.45, 2.75) is 42.6 Å². The van der Waals surface area contributed by atoms with Crippen LogP contribution in [0.25, 0.3) is 16.7 Å². The molecule has 1 fully saturated rings. The number of hydrogen-bond acceptors (Lipinski definition) is 5. The van der Waals surface area contributed by atoms with Crippen LogP contribution in [0.2, 0.25) is 0 Å². The molecule has 4 aromatic rings. The highest BCUT2D eigenvalue weighted by molar-refractivity contribution is 8.00. The lowest BCUT2D eigenvalue weighted by atomic mass is 9.99. The second-order valence-corrected chi connectivity index (χ2v) is 8.50. The van der Waals surface area contributed by atoms with Crippen molar-refractivity contribution in [2.75, 3.05) is 0 Å². The molecule has 7 heteroatoms. The van der Waals surface area contributed by atoms with Crippen LogP contribution >= 0.6 is 11.8 Å². The highest BCUT2D eigenvalue weighted by Gasteiger charge is 2.26. The third kappa shape index (κ3) is 3.25. The van der Waals surface area contributed by atoms with Gasteiger partial charge in [-0.05, 0) is 30.5 Å². The largest absolute Gasteiger partial charge is 0.298 e. The number of Topliss-reactive ketones (excluding diaryl/α,β-unsaturated/α-hetero) is 1. The number of aromatic nitrogens is 4. The monoisotopic (exact) mass is 404 g/mol. The predicted octanol–water partition coefficient (Wildman–Crippen LogP) is 3.70. The maximum absolute atomic E-state index is 13.2. The number of thioether (sulfide) groups is 1. The summed E-state index contributed by atoms with van der Waals surface area (Å²) in [5, 5.41) is 9.93. The van der Waals surface area contributed by atoms with Crippen molar-refractivity contribution in [3.05, 3.63) is 70.5 Å². The van der Waals surface area contributed by atoms with E-state index < -0.39 is 0 Å². The number of ketones is 1. The second kappa shape index (κ2) is 7.48. The van der Waals surface area contributed by atoms with Crippen LogP contribution in [-0.4, -0.2) is 30.2 Å². The fourth-order valence-corrected chi connectivity index (χ4v) is 5.08. The molecule has 1 atom stereocenters. The van der Waals surface area contributed by atoms with E-state index in [1.54, 1.807) is 4.57 Å². The first-order chi connectivity index (χ1) is 14.2. The van der Waals surface area contributed by atoms with Gasteiger partial charge in [0.05, 0.1) is 22.7 Å². The molecular formula is C22H20N4O2S. The molecule has 0 radical (unpaired) electrons. The van der Waals surface area contributed by atoms with Gasteiger partial charge in [-0.1, -0.05) is 60.6 Å². The maximum atomic E-state index is 13.2. The van der Waals surface area contributed by atoms with Gasteiger partial charge in [0.1, 0.15) is 5.78 Å². The zero-order valence-corrected chi connectivity index (χ0v) is 16.6. The third-order valence-corrected chi connectivity index (χ3v) is 6.67. The highest BCUT2D eigenvalue weighted by atomic mass is 32.2. The Morgan fingerprint density at radius 2 is 1.76 bits per heavy atom. The fourth-order valence-electron chi connectivity index (χ4n) is 3.92. The minimum Gasteiger partial charge on any atom is -0.298 e. The Balaban J connectivity index is 1.69. The van der Waals surface area contributed by atoms with E-state index in [4.69, 9.17) is 0 Å². The Labute approximate surface area is 171 Å². The summed E-state index contributed by atoms with van der Waals surface area (Å²) in [7, 11) is 0. The average molecular weight is 404 g/mol. The van der Waals surface area contributed by atoms with Crippen LogP contribution in [0.3, 0.4) is 0 Å². The topological polar surface area (TPSA) is 69.3 Å². The summed E-state index contributed by atoms with van der Waals surface area (Å²) >= 11 is 1.47. The van der Waals surface area contributed by atoms with Crippen molar-refractivity contribution >= 4 is 34.2 Å². The zero-order chi connectivity index (χ0) is 19.8. The van der Waals surface area contributed by atoms with Crippen LogP contribution in [0.5, 0.6) is 0 Å². The quantitative estimate of drug-likeness (QED) is 0.519. The lowest BCUT2D eigenvalue weighted by Gasteiger charge is -2.19. The molecular weight excluding hydrogens is 384 g/mol. The van der Waals surface area contributed by atoms with E-state index in [2.05, 4.69) is 10.2 Å². The van der Waals surface area contributed by atoms with E-state index in [1.165, 1.54) is 11.8 Å². The molecule has 2 heterocycles. The van der Waals surface area contributed by atoms with Crippen LogP contribution in [0, 0.1) is 0 Å². The van der Waals surface area contributed by atoms with Gasteiger partial charge in [0.2, 0.25) is 5.78 Å². The Kier molecular flexibility index (Phi) is 4.67.